The second kappa shape index (κ2) is 5.34. The molecular formula is C13H17ClN2O2. The van der Waals surface area contributed by atoms with Gasteiger partial charge in [0.1, 0.15) is 0 Å². The molecule has 4 nitrogen and oxygen atoms in total. The zero-order chi connectivity index (χ0) is 12.4. The van der Waals surface area contributed by atoms with E-state index in [0.29, 0.717) is 6.79 Å². The van der Waals surface area contributed by atoms with Crippen LogP contribution in [-0.4, -0.2) is 44.4 Å². The molecule has 0 aliphatic carbocycles. The molecule has 5 heteroatoms. The van der Waals surface area contributed by atoms with E-state index in [4.69, 9.17) is 21.1 Å². The minimum atomic E-state index is 0.302. The van der Waals surface area contributed by atoms with Gasteiger partial charge in [0.05, 0.1) is 0 Å². The lowest BCUT2D eigenvalue weighted by Gasteiger charge is -2.27. The lowest BCUT2D eigenvalue weighted by atomic mass is 10.1. The van der Waals surface area contributed by atoms with Crippen molar-refractivity contribution < 1.29 is 9.47 Å². The Morgan fingerprint density at radius 2 is 2.06 bits per heavy atom. The number of ether oxygens (including phenoxy) is 2. The number of fused-ring (bicyclic) bond motifs is 1. The normalized spacial score (nSPS) is 19.2. The Bertz CT molecular complexity index is 433. The van der Waals surface area contributed by atoms with E-state index >= 15 is 0 Å². The highest BCUT2D eigenvalue weighted by molar-refractivity contribution is 6.30. The number of piperazine rings is 1. The molecule has 0 saturated carbocycles. The molecule has 0 unspecified atom stereocenters. The summed E-state index contributed by atoms with van der Waals surface area (Å²) in [5.74, 6) is 1.65. The molecule has 0 atom stereocenters. The van der Waals surface area contributed by atoms with Crippen LogP contribution < -0.4 is 14.8 Å². The topological polar surface area (TPSA) is 33.7 Å². The number of rotatable bonds is 3. The molecule has 98 valence electrons. The fourth-order valence-corrected chi connectivity index (χ4v) is 2.68. The van der Waals surface area contributed by atoms with E-state index in [-0.39, 0.29) is 0 Å². The van der Waals surface area contributed by atoms with Crippen molar-refractivity contribution in [3.05, 3.63) is 22.7 Å². The zero-order valence-electron chi connectivity index (χ0n) is 10.2. The van der Waals surface area contributed by atoms with Crippen LogP contribution in [0.2, 0.25) is 5.02 Å². The van der Waals surface area contributed by atoms with Crippen LogP contribution in [0.25, 0.3) is 0 Å². The fraction of sp³-hybridized carbons (Fsp3) is 0.538. The molecule has 0 aromatic heterocycles. The molecule has 0 radical (unpaired) electrons. The highest BCUT2D eigenvalue weighted by atomic mass is 35.5. The van der Waals surface area contributed by atoms with Crippen LogP contribution in [0.5, 0.6) is 11.5 Å². The molecule has 1 saturated heterocycles. The first-order chi connectivity index (χ1) is 8.83. The van der Waals surface area contributed by atoms with Crippen LogP contribution in [0.15, 0.2) is 12.1 Å². The number of benzene rings is 1. The third kappa shape index (κ3) is 2.55. The summed E-state index contributed by atoms with van der Waals surface area (Å²) in [6.07, 6.45) is 0.951. The second-order valence-corrected chi connectivity index (χ2v) is 5.08. The minimum Gasteiger partial charge on any atom is -0.454 e. The van der Waals surface area contributed by atoms with E-state index in [1.165, 1.54) is 0 Å². The molecule has 2 aliphatic rings. The van der Waals surface area contributed by atoms with Gasteiger partial charge in [-0.3, -0.25) is 0 Å². The lowest BCUT2D eigenvalue weighted by Crippen LogP contribution is -2.44. The van der Waals surface area contributed by atoms with Crippen molar-refractivity contribution in [2.24, 2.45) is 0 Å². The van der Waals surface area contributed by atoms with Gasteiger partial charge in [0, 0.05) is 49.4 Å². The van der Waals surface area contributed by atoms with Crippen molar-refractivity contribution in [1.82, 2.24) is 10.2 Å². The maximum absolute atomic E-state index is 6.09. The van der Waals surface area contributed by atoms with Gasteiger partial charge in [-0.25, -0.2) is 0 Å². The van der Waals surface area contributed by atoms with Crippen molar-refractivity contribution in [3.8, 4) is 11.5 Å². The van der Waals surface area contributed by atoms with Gasteiger partial charge in [-0.1, -0.05) is 11.6 Å². The molecule has 0 spiro atoms. The van der Waals surface area contributed by atoms with Gasteiger partial charge in [-0.15, -0.1) is 0 Å². The lowest BCUT2D eigenvalue weighted by molar-refractivity contribution is 0.173. The molecule has 1 N–H and O–H groups in total. The van der Waals surface area contributed by atoms with E-state index in [1.54, 1.807) is 0 Å². The SMILES string of the molecule is Clc1cc(CCN2CCNCC2)c2c(c1)OCO2. The molecule has 1 aromatic rings. The molecule has 2 aliphatic heterocycles. The Balaban J connectivity index is 1.68. The van der Waals surface area contributed by atoms with E-state index in [2.05, 4.69) is 10.2 Å². The highest BCUT2D eigenvalue weighted by Crippen LogP contribution is 2.38. The maximum atomic E-state index is 6.09. The van der Waals surface area contributed by atoms with Crippen molar-refractivity contribution in [2.75, 3.05) is 39.5 Å². The third-order valence-electron chi connectivity index (χ3n) is 3.42. The highest BCUT2D eigenvalue weighted by Gasteiger charge is 2.19. The van der Waals surface area contributed by atoms with Crippen LogP contribution in [0, 0.1) is 0 Å². The molecule has 0 amide bonds. The summed E-state index contributed by atoms with van der Waals surface area (Å²) in [6, 6.07) is 3.80. The average molecular weight is 269 g/mol. The number of nitrogens with zero attached hydrogens (tertiary/aromatic N) is 1. The summed E-state index contributed by atoms with van der Waals surface area (Å²) < 4.78 is 10.9. The van der Waals surface area contributed by atoms with Crippen LogP contribution >= 0.6 is 11.6 Å². The van der Waals surface area contributed by atoms with E-state index in [0.717, 1.165) is 61.2 Å². The Kier molecular flexibility index (Phi) is 3.59. The van der Waals surface area contributed by atoms with Gasteiger partial charge in [0.15, 0.2) is 11.5 Å². The first-order valence-electron chi connectivity index (χ1n) is 6.34. The van der Waals surface area contributed by atoms with E-state index in [1.807, 2.05) is 12.1 Å². The van der Waals surface area contributed by atoms with Crippen molar-refractivity contribution in [1.29, 1.82) is 0 Å². The average Bonchev–Trinajstić information content (AvgIpc) is 2.85. The number of halogens is 1. The Hall–Kier alpha value is -0.970. The summed E-state index contributed by atoms with van der Waals surface area (Å²) >= 11 is 6.09. The molecule has 1 fully saturated rings. The second-order valence-electron chi connectivity index (χ2n) is 4.64. The zero-order valence-corrected chi connectivity index (χ0v) is 11.0. The quantitative estimate of drug-likeness (QED) is 0.901. The maximum Gasteiger partial charge on any atom is 0.231 e. The molecular weight excluding hydrogens is 252 g/mol. The van der Waals surface area contributed by atoms with E-state index in [9.17, 15) is 0 Å². The van der Waals surface area contributed by atoms with Crippen LogP contribution in [0.4, 0.5) is 0 Å². The number of nitrogens with one attached hydrogen (secondary N) is 1. The monoisotopic (exact) mass is 268 g/mol. The number of hydrogen-bond donors (Lipinski definition) is 1. The third-order valence-corrected chi connectivity index (χ3v) is 3.64. The van der Waals surface area contributed by atoms with Crippen LogP contribution in [0.1, 0.15) is 5.56 Å². The predicted molar refractivity (Wildman–Crippen MR) is 70.6 cm³/mol. The predicted octanol–water partition coefficient (Wildman–Crippen LogP) is 1.52. The first kappa shape index (κ1) is 12.1. The van der Waals surface area contributed by atoms with Crippen molar-refractivity contribution in [2.45, 2.75) is 6.42 Å². The fourth-order valence-electron chi connectivity index (χ4n) is 2.44. The summed E-state index contributed by atoms with van der Waals surface area (Å²) in [5, 5.41) is 4.07. The first-order valence-corrected chi connectivity index (χ1v) is 6.72. The molecule has 18 heavy (non-hydrogen) atoms. The van der Waals surface area contributed by atoms with E-state index < -0.39 is 0 Å². The smallest absolute Gasteiger partial charge is 0.231 e. The van der Waals surface area contributed by atoms with Crippen molar-refractivity contribution >= 4 is 11.6 Å². The molecule has 2 heterocycles. The van der Waals surface area contributed by atoms with Gasteiger partial charge in [-0.2, -0.15) is 0 Å². The Morgan fingerprint density at radius 1 is 1.22 bits per heavy atom. The minimum absolute atomic E-state index is 0.302. The van der Waals surface area contributed by atoms with Gasteiger partial charge in [0.25, 0.3) is 0 Å². The largest absolute Gasteiger partial charge is 0.454 e. The Labute approximate surface area is 112 Å². The van der Waals surface area contributed by atoms with Gasteiger partial charge in [-0.05, 0) is 12.5 Å². The van der Waals surface area contributed by atoms with Crippen LogP contribution in [0.3, 0.4) is 0 Å². The number of hydrogen-bond acceptors (Lipinski definition) is 4. The molecule has 1 aromatic carbocycles. The van der Waals surface area contributed by atoms with Gasteiger partial charge < -0.3 is 19.7 Å². The molecule has 3 rings (SSSR count). The van der Waals surface area contributed by atoms with Crippen molar-refractivity contribution in [3.63, 3.8) is 0 Å². The van der Waals surface area contributed by atoms with Gasteiger partial charge in [0.2, 0.25) is 6.79 Å². The van der Waals surface area contributed by atoms with Crippen LogP contribution in [-0.2, 0) is 6.42 Å². The molecule has 0 bridgehead atoms. The van der Waals surface area contributed by atoms with Gasteiger partial charge >= 0.3 is 0 Å². The summed E-state index contributed by atoms with van der Waals surface area (Å²) in [7, 11) is 0. The Morgan fingerprint density at radius 3 is 2.89 bits per heavy atom. The summed E-state index contributed by atoms with van der Waals surface area (Å²) in [6.45, 7) is 5.72. The standard InChI is InChI=1S/C13H17ClN2O2/c14-11-7-10(13-12(8-11)17-9-18-13)1-4-16-5-2-15-3-6-16/h7-8,15H,1-6,9H2. The summed E-state index contributed by atoms with van der Waals surface area (Å²) in [5.41, 5.74) is 1.15. The summed E-state index contributed by atoms with van der Waals surface area (Å²) in [4.78, 5) is 2.46.